The van der Waals surface area contributed by atoms with Crippen LogP contribution in [0.5, 0.6) is 0 Å². The number of carbonyl (C=O) groups is 2. The Kier molecular flexibility index (Phi) is 74.9. The van der Waals surface area contributed by atoms with Gasteiger partial charge in [0, 0.05) is 12.8 Å². The van der Waals surface area contributed by atoms with Gasteiger partial charge in [-0.2, -0.15) is 0 Å². The van der Waals surface area contributed by atoms with E-state index in [0.717, 1.165) is 32.1 Å². The zero-order valence-electron chi connectivity index (χ0n) is 54.9. The first-order valence-corrected chi connectivity index (χ1v) is 36.9. The van der Waals surface area contributed by atoms with Gasteiger partial charge in [0.25, 0.3) is 0 Å². The summed E-state index contributed by atoms with van der Waals surface area (Å²) in [5.41, 5.74) is 0. The summed E-state index contributed by atoms with van der Waals surface area (Å²) in [6.07, 6.45) is 86.5. The van der Waals surface area contributed by atoms with E-state index in [4.69, 9.17) is 9.47 Å². The monoisotopic (exact) mass is 1100 g/mol. The van der Waals surface area contributed by atoms with Crippen LogP contribution in [0.15, 0.2) is 0 Å². The molecule has 4 heteroatoms. The Hall–Kier alpha value is -1.06. The average Bonchev–Trinajstić information content (AvgIpc) is 3.44. The molecule has 78 heavy (non-hydrogen) atoms. The minimum atomic E-state index is 0.0222. The minimum Gasteiger partial charge on any atom is -0.466 e. The van der Waals surface area contributed by atoms with Crippen LogP contribution < -0.4 is 0 Å². The standard InChI is InChI=1S/C46H92O2.C28H56O2/c1-4-7-10-13-16-18-20-22-24-26-27-29-31-34-37-40-43-45(42-39-36-33-15-12-9-6-3)48-46(47)44-41-38-35-32-30-28-25-23-21-19-17-14-11-8-5-2;1-3-5-7-9-11-13-15-17-19-21-23-25-27-30-28(29)26-24-22-20-18-16-14-12-10-8-6-4-2/h45H,4-44H2,1-3H3;3-27H2,1-2H3. The quantitative estimate of drug-likeness (QED) is 0.0450. The molecule has 0 spiro atoms. The van der Waals surface area contributed by atoms with E-state index in [1.165, 1.54) is 372 Å². The Bertz CT molecular complexity index is 1070. The summed E-state index contributed by atoms with van der Waals surface area (Å²) in [7, 11) is 0. The summed E-state index contributed by atoms with van der Waals surface area (Å²) >= 11 is 0. The number of ether oxygens (including phenoxy) is 2. The van der Waals surface area contributed by atoms with Crippen LogP contribution in [0.25, 0.3) is 0 Å². The zero-order valence-corrected chi connectivity index (χ0v) is 54.9. The molecule has 0 aliphatic heterocycles. The van der Waals surface area contributed by atoms with Crippen LogP contribution in [0.1, 0.15) is 452 Å². The van der Waals surface area contributed by atoms with Crippen molar-refractivity contribution in [3.05, 3.63) is 0 Å². The molecule has 0 saturated heterocycles. The molecule has 468 valence electrons. The number of rotatable bonds is 67. The van der Waals surface area contributed by atoms with Crippen molar-refractivity contribution < 1.29 is 19.1 Å². The Morgan fingerprint density at radius 1 is 0.218 bits per heavy atom. The van der Waals surface area contributed by atoms with Gasteiger partial charge >= 0.3 is 11.9 Å². The van der Waals surface area contributed by atoms with E-state index in [2.05, 4.69) is 34.6 Å². The molecule has 0 heterocycles. The lowest BCUT2D eigenvalue weighted by molar-refractivity contribution is -0.150. The van der Waals surface area contributed by atoms with Gasteiger partial charge in [-0.3, -0.25) is 9.59 Å². The minimum absolute atomic E-state index is 0.0222. The van der Waals surface area contributed by atoms with Crippen molar-refractivity contribution in [2.45, 2.75) is 458 Å². The SMILES string of the molecule is CCCCCCCCCCCCCCCCCCC(CCCCCCCCC)OC(=O)CCCCCCCCCCCCCCCCC.CCCCCCCCCCCCCCOC(=O)CCCCCCCCCCCCC. The molecule has 0 radical (unpaired) electrons. The topological polar surface area (TPSA) is 52.6 Å². The molecule has 0 aliphatic carbocycles. The third kappa shape index (κ3) is 73.0. The molecule has 0 N–H and O–H groups in total. The molecule has 0 aromatic heterocycles. The molecule has 4 nitrogen and oxygen atoms in total. The first-order chi connectivity index (χ1) is 38.5. The predicted octanol–water partition coefficient (Wildman–Crippen LogP) is 26.9. The van der Waals surface area contributed by atoms with Crippen molar-refractivity contribution in [1.82, 2.24) is 0 Å². The molecular weight excluding hydrogens is 953 g/mol. The molecule has 0 saturated carbocycles. The molecule has 1 atom stereocenters. The van der Waals surface area contributed by atoms with Gasteiger partial charge in [-0.25, -0.2) is 0 Å². The molecule has 1 unspecified atom stereocenters. The highest BCUT2D eigenvalue weighted by molar-refractivity contribution is 5.69. The van der Waals surface area contributed by atoms with Crippen LogP contribution >= 0.6 is 0 Å². The van der Waals surface area contributed by atoms with Crippen LogP contribution in [0.3, 0.4) is 0 Å². The first-order valence-electron chi connectivity index (χ1n) is 36.9. The largest absolute Gasteiger partial charge is 0.466 e. The van der Waals surface area contributed by atoms with Gasteiger partial charge in [0.05, 0.1) is 6.61 Å². The van der Waals surface area contributed by atoms with Crippen molar-refractivity contribution in [2.24, 2.45) is 0 Å². The summed E-state index contributed by atoms with van der Waals surface area (Å²) < 4.78 is 11.5. The van der Waals surface area contributed by atoms with Gasteiger partial charge in [0.1, 0.15) is 6.10 Å². The Labute approximate surface area is 493 Å². The molecule has 0 rings (SSSR count). The summed E-state index contributed by atoms with van der Waals surface area (Å²) in [6.45, 7) is 12.1. The zero-order chi connectivity index (χ0) is 56.8. The number of unbranched alkanes of at least 4 members (excludes halogenated alkanes) is 56. The van der Waals surface area contributed by atoms with E-state index in [1.807, 2.05) is 0 Å². The highest BCUT2D eigenvalue weighted by Gasteiger charge is 2.14. The van der Waals surface area contributed by atoms with Gasteiger partial charge in [-0.15, -0.1) is 0 Å². The number of hydrogen-bond acceptors (Lipinski definition) is 4. The second-order valence-corrected chi connectivity index (χ2v) is 25.2. The second kappa shape index (κ2) is 74.0. The maximum atomic E-state index is 12.7. The number of esters is 2. The van der Waals surface area contributed by atoms with E-state index < -0.39 is 0 Å². The maximum absolute atomic E-state index is 12.7. The smallest absolute Gasteiger partial charge is 0.306 e. The van der Waals surface area contributed by atoms with Crippen LogP contribution in [-0.4, -0.2) is 24.6 Å². The van der Waals surface area contributed by atoms with Gasteiger partial charge in [-0.1, -0.05) is 394 Å². The van der Waals surface area contributed by atoms with Crippen molar-refractivity contribution in [2.75, 3.05) is 6.61 Å². The molecule has 0 fully saturated rings. The summed E-state index contributed by atoms with van der Waals surface area (Å²) in [6, 6.07) is 0. The van der Waals surface area contributed by atoms with Crippen molar-refractivity contribution in [3.63, 3.8) is 0 Å². The van der Waals surface area contributed by atoms with E-state index >= 15 is 0 Å². The van der Waals surface area contributed by atoms with Crippen molar-refractivity contribution in [3.8, 4) is 0 Å². The normalized spacial score (nSPS) is 11.8. The van der Waals surface area contributed by atoms with Crippen molar-refractivity contribution in [1.29, 1.82) is 0 Å². The van der Waals surface area contributed by atoms with E-state index in [9.17, 15) is 9.59 Å². The fourth-order valence-electron chi connectivity index (χ4n) is 11.5. The van der Waals surface area contributed by atoms with Gasteiger partial charge in [-0.05, 0) is 44.9 Å². The second-order valence-electron chi connectivity index (χ2n) is 25.2. The van der Waals surface area contributed by atoms with E-state index in [0.29, 0.717) is 19.4 Å². The molecule has 0 aromatic carbocycles. The maximum Gasteiger partial charge on any atom is 0.306 e. The third-order valence-electron chi connectivity index (χ3n) is 17.0. The molecular formula is C74H148O4. The number of hydrogen-bond donors (Lipinski definition) is 0. The lowest BCUT2D eigenvalue weighted by atomic mass is 10.0. The summed E-state index contributed by atoms with van der Waals surface area (Å²) in [5.74, 6) is 0.100. The highest BCUT2D eigenvalue weighted by Crippen LogP contribution is 2.21. The van der Waals surface area contributed by atoms with E-state index in [1.54, 1.807) is 0 Å². The van der Waals surface area contributed by atoms with Gasteiger partial charge < -0.3 is 9.47 Å². The summed E-state index contributed by atoms with van der Waals surface area (Å²) in [5, 5.41) is 0. The molecule has 0 bridgehead atoms. The van der Waals surface area contributed by atoms with Crippen LogP contribution in [0.4, 0.5) is 0 Å². The van der Waals surface area contributed by atoms with Crippen LogP contribution in [0.2, 0.25) is 0 Å². The Balaban J connectivity index is 0. The lowest BCUT2D eigenvalue weighted by Gasteiger charge is -2.18. The van der Waals surface area contributed by atoms with Crippen LogP contribution in [0, 0.1) is 0 Å². The lowest BCUT2D eigenvalue weighted by Crippen LogP contribution is -2.18. The van der Waals surface area contributed by atoms with Crippen molar-refractivity contribution >= 4 is 11.9 Å². The van der Waals surface area contributed by atoms with E-state index in [-0.39, 0.29) is 18.0 Å². The molecule has 0 aliphatic rings. The highest BCUT2D eigenvalue weighted by atomic mass is 16.5. The Morgan fingerprint density at radius 2 is 0.397 bits per heavy atom. The average molecular weight is 1100 g/mol. The van der Waals surface area contributed by atoms with Gasteiger partial charge in [0.15, 0.2) is 0 Å². The summed E-state index contributed by atoms with van der Waals surface area (Å²) in [4.78, 5) is 24.5. The fourth-order valence-corrected chi connectivity index (χ4v) is 11.5. The molecule has 0 aromatic rings. The molecule has 0 amide bonds. The predicted molar refractivity (Wildman–Crippen MR) is 349 cm³/mol. The fraction of sp³-hybridized carbons (Fsp3) is 0.973. The third-order valence-corrected chi connectivity index (χ3v) is 17.0. The first kappa shape index (κ1) is 79.0. The number of carbonyl (C=O) groups excluding carboxylic acids is 2. The van der Waals surface area contributed by atoms with Gasteiger partial charge in [0.2, 0.25) is 0 Å². The Morgan fingerprint density at radius 3 is 0.628 bits per heavy atom. The van der Waals surface area contributed by atoms with Crippen LogP contribution in [-0.2, 0) is 19.1 Å².